The number of nitrogens with zero attached hydrogens (tertiary/aromatic N) is 3. The second-order valence-electron chi connectivity index (χ2n) is 3.60. The molecule has 92 valence electrons. The van der Waals surface area contributed by atoms with E-state index in [1.807, 2.05) is 0 Å². The van der Waals surface area contributed by atoms with Gasteiger partial charge in [0.25, 0.3) is 0 Å². The molecule has 0 bridgehead atoms. The summed E-state index contributed by atoms with van der Waals surface area (Å²) in [5.74, 6) is -0.169. The number of rotatable bonds is 2. The summed E-state index contributed by atoms with van der Waals surface area (Å²) >= 11 is 3.15. The standard InChI is InChI=1S/C8H9BrN4O3S/c9-6-1-2-11-8(12-6)13-4-5(3-7(13)14)17(10,15)16/h1-2,5H,3-4H2,(H2,10,15,16). The summed E-state index contributed by atoms with van der Waals surface area (Å²) in [6.07, 6.45) is 1.35. The first kappa shape index (κ1) is 12.4. The van der Waals surface area contributed by atoms with E-state index in [-0.39, 0.29) is 24.8 Å². The van der Waals surface area contributed by atoms with Crippen molar-refractivity contribution in [3.63, 3.8) is 0 Å². The Morgan fingerprint density at radius 2 is 2.24 bits per heavy atom. The molecule has 0 saturated carbocycles. The zero-order valence-electron chi connectivity index (χ0n) is 8.58. The number of carbonyl (C=O) groups is 1. The second kappa shape index (κ2) is 4.31. The Labute approximate surface area is 106 Å². The molecule has 1 fully saturated rings. The lowest BCUT2D eigenvalue weighted by Gasteiger charge is -2.13. The van der Waals surface area contributed by atoms with Crippen molar-refractivity contribution in [1.29, 1.82) is 0 Å². The van der Waals surface area contributed by atoms with Gasteiger partial charge in [-0.05, 0) is 22.0 Å². The zero-order chi connectivity index (χ0) is 12.6. The molecule has 0 aromatic carbocycles. The van der Waals surface area contributed by atoms with Crippen LogP contribution in [0.5, 0.6) is 0 Å². The highest BCUT2D eigenvalue weighted by atomic mass is 79.9. The van der Waals surface area contributed by atoms with Gasteiger partial charge in [-0.25, -0.2) is 23.5 Å². The monoisotopic (exact) mass is 320 g/mol. The number of primary sulfonamides is 1. The van der Waals surface area contributed by atoms with Crippen molar-refractivity contribution in [1.82, 2.24) is 9.97 Å². The van der Waals surface area contributed by atoms with Gasteiger partial charge < -0.3 is 0 Å². The molecule has 9 heteroatoms. The van der Waals surface area contributed by atoms with Gasteiger partial charge >= 0.3 is 0 Å². The summed E-state index contributed by atoms with van der Waals surface area (Å²) in [4.78, 5) is 20.8. The number of hydrogen-bond donors (Lipinski definition) is 1. The van der Waals surface area contributed by atoms with Crippen LogP contribution in [0.2, 0.25) is 0 Å². The van der Waals surface area contributed by atoms with E-state index < -0.39 is 15.3 Å². The van der Waals surface area contributed by atoms with E-state index in [0.717, 1.165) is 0 Å². The van der Waals surface area contributed by atoms with E-state index in [9.17, 15) is 13.2 Å². The molecular weight excluding hydrogens is 312 g/mol. The molecule has 1 saturated heterocycles. The van der Waals surface area contributed by atoms with Gasteiger partial charge in [0, 0.05) is 19.2 Å². The highest BCUT2D eigenvalue weighted by Gasteiger charge is 2.38. The normalized spacial score (nSPS) is 20.9. The first-order chi connectivity index (χ1) is 7.88. The average Bonchev–Trinajstić information content (AvgIpc) is 2.60. The number of anilines is 1. The number of amides is 1. The van der Waals surface area contributed by atoms with Crippen LogP contribution in [0.25, 0.3) is 0 Å². The Balaban J connectivity index is 2.28. The van der Waals surface area contributed by atoms with Gasteiger partial charge in [0.05, 0.1) is 0 Å². The first-order valence-electron chi connectivity index (χ1n) is 4.68. The predicted molar refractivity (Wildman–Crippen MR) is 63.6 cm³/mol. The lowest BCUT2D eigenvalue weighted by molar-refractivity contribution is -0.117. The van der Waals surface area contributed by atoms with Gasteiger partial charge in [-0.15, -0.1) is 0 Å². The summed E-state index contributed by atoms with van der Waals surface area (Å²) in [7, 11) is -3.72. The third kappa shape index (κ3) is 2.61. The van der Waals surface area contributed by atoms with Crippen LogP contribution in [0.15, 0.2) is 16.9 Å². The molecule has 0 aliphatic carbocycles. The SMILES string of the molecule is NS(=O)(=O)C1CC(=O)N(c2nccc(Br)n2)C1. The fourth-order valence-corrected chi connectivity index (χ4v) is 2.55. The summed E-state index contributed by atoms with van der Waals surface area (Å²) in [6.45, 7) is -0.00583. The van der Waals surface area contributed by atoms with Crippen LogP contribution in [0.3, 0.4) is 0 Å². The Hall–Kier alpha value is -1.06. The van der Waals surface area contributed by atoms with Crippen molar-refractivity contribution in [3.05, 3.63) is 16.9 Å². The number of hydrogen-bond acceptors (Lipinski definition) is 5. The van der Waals surface area contributed by atoms with Gasteiger partial charge in [-0.1, -0.05) is 0 Å². The molecule has 0 spiro atoms. The quantitative estimate of drug-likeness (QED) is 0.748. The molecule has 1 amide bonds. The maximum Gasteiger partial charge on any atom is 0.233 e. The van der Waals surface area contributed by atoms with Crippen LogP contribution in [0.4, 0.5) is 5.95 Å². The number of aromatic nitrogens is 2. The van der Waals surface area contributed by atoms with Gasteiger partial charge in [0.1, 0.15) is 9.85 Å². The van der Waals surface area contributed by atoms with Crippen molar-refractivity contribution in [2.24, 2.45) is 5.14 Å². The Morgan fingerprint density at radius 3 is 2.76 bits per heavy atom. The van der Waals surface area contributed by atoms with E-state index in [2.05, 4.69) is 25.9 Å². The smallest absolute Gasteiger partial charge is 0.233 e. The molecule has 1 aromatic heterocycles. The highest BCUT2D eigenvalue weighted by Crippen LogP contribution is 2.21. The molecule has 1 aliphatic rings. The third-order valence-electron chi connectivity index (χ3n) is 2.40. The summed E-state index contributed by atoms with van der Waals surface area (Å²) in [5.41, 5.74) is 0. The first-order valence-corrected chi connectivity index (χ1v) is 7.08. The van der Waals surface area contributed by atoms with Gasteiger partial charge in [-0.2, -0.15) is 0 Å². The highest BCUT2D eigenvalue weighted by molar-refractivity contribution is 9.10. The summed E-state index contributed by atoms with van der Waals surface area (Å²) in [5, 5.41) is 4.13. The Kier molecular flexibility index (Phi) is 3.15. The van der Waals surface area contributed by atoms with Crippen LogP contribution in [-0.4, -0.2) is 36.1 Å². The molecule has 1 unspecified atom stereocenters. The van der Waals surface area contributed by atoms with Crippen LogP contribution in [0.1, 0.15) is 6.42 Å². The Bertz CT molecular complexity index is 562. The van der Waals surface area contributed by atoms with Crippen molar-refractivity contribution >= 4 is 37.8 Å². The second-order valence-corrected chi connectivity index (χ2v) is 6.26. The van der Waals surface area contributed by atoms with E-state index >= 15 is 0 Å². The van der Waals surface area contributed by atoms with E-state index in [1.54, 1.807) is 6.07 Å². The maximum atomic E-state index is 11.7. The lowest BCUT2D eigenvalue weighted by Crippen LogP contribution is -2.32. The van der Waals surface area contributed by atoms with E-state index in [4.69, 9.17) is 5.14 Å². The maximum absolute atomic E-state index is 11.7. The minimum atomic E-state index is -3.72. The fraction of sp³-hybridized carbons (Fsp3) is 0.375. The van der Waals surface area contributed by atoms with Crippen molar-refractivity contribution in [2.45, 2.75) is 11.7 Å². The minimum absolute atomic E-state index is 0.00583. The summed E-state index contributed by atoms with van der Waals surface area (Å²) in [6, 6.07) is 1.61. The van der Waals surface area contributed by atoms with Gasteiger partial charge in [0.2, 0.25) is 21.9 Å². The number of sulfonamides is 1. The summed E-state index contributed by atoms with van der Waals surface area (Å²) < 4.78 is 22.9. The van der Waals surface area contributed by atoms with Gasteiger partial charge in [0.15, 0.2) is 0 Å². The van der Waals surface area contributed by atoms with Crippen LogP contribution >= 0.6 is 15.9 Å². The van der Waals surface area contributed by atoms with E-state index in [1.165, 1.54) is 11.1 Å². The molecule has 2 N–H and O–H groups in total. The molecule has 1 aliphatic heterocycles. The largest absolute Gasteiger partial charge is 0.279 e. The number of halogens is 1. The zero-order valence-corrected chi connectivity index (χ0v) is 11.0. The van der Waals surface area contributed by atoms with Crippen LogP contribution in [-0.2, 0) is 14.8 Å². The lowest BCUT2D eigenvalue weighted by atomic mass is 10.4. The van der Waals surface area contributed by atoms with Gasteiger partial charge in [-0.3, -0.25) is 9.69 Å². The Morgan fingerprint density at radius 1 is 1.53 bits per heavy atom. The molecule has 2 rings (SSSR count). The molecule has 7 nitrogen and oxygen atoms in total. The average molecular weight is 321 g/mol. The van der Waals surface area contributed by atoms with Crippen LogP contribution < -0.4 is 10.0 Å². The van der Waals surface area contributed by atoms with Crippen molar-refractivity contribution in [3.8, 4) is 0 Å². The molecular formula is C8H9BrN4O3S. The van der Waals surface area contributed by atoms with E-state index in [0.29, 0.717) is 4.60 Å². The van der Waals surface area contributed by atoms with Crippen molar-refractivity contribution in [2.75, 3.05) is 11.4 Å². The molecule has 1 aromatic rings. The fourth-order valence-electron chi connectivity index (χ4n) is 1.55. The molecule has 17 heavy (non-hydrogen) atoms. The molecule has 1 atom stereocenters. The molecule has 2 heterocycles. The number of carbonyl (C=O) groups excluding carboxylic acids is 1. The third-order valence-corrected chi connectivity index (χ3v) is 4.09. The molecule has 0 radical (unpaired) electrons. The topological polar surface area (TPSA) is 106 Å². The van der Waals surface area contributed by atoms with Crippen LogP contribution in [0, 0.1) is 0 Å². The predicted octanol–water partition coefficient (Wildman–Crippen LogP) is -0.367. The van der Waals surface area contributed by atoms with Crippen molar-refractivity contribution < 1.29 is 13.2 Å². The minimum Gasteiger partial charge on any atom is -0.279 e. The number of nitrogens with two attached hydrogens (primary N) is 1.